The van der Waals surface area contributed by atoms with Gasteiger partial charge in [-0.05, 0) is 32.0 Å². The topological polar surface area (TPSA) is 103 Å². The zero-order valence-electron chi connectivity index (χ0n) is 15.8. The van der Waals surface area contributed by atoms with Crippen LogP contribution in [-0.2, 0) is 0 Å². The van der Waals surface area contributed by atoms with Crippen LogP contribution < -0.4 is 5.32 Å². The predicted molar refractivity (Wildman–Crippen MR) is 107 cm³/mol. The second kappa shape index (κ2) is 7.23. The number of amides is 1. The van der Waals surface area contributed by atoms with Crippen molar-refractivity contribution in [2.45, 2.75) is 19.9 Å². The van der Waals surface area contributed by atoms with Crippen molar-refractivity contribution in [1.82, 2.24) is 15.1 Å². The molecule has 0 aliphatic carbocycles. The number of aromatic nitrogens is 2. The summed E-state index contributed by atoms with van der Waals surface area (Å²) in [5.41, 5.74) is 2.42. The number of hydrogen-bond donors (Lipinski definition) is 1. The van der Waals surface area contributed by atoms with Gasteiger partial charge in [0.2, 0.25) is 0 Å². The third kappa shape index (κ3) is 3.47. The van der Waals surface area contributed by atoms with Gasteiger partial charge >= 0.3 is 0 Å². The Kier molecular flexibility index (Phi) is 4.59. The van der Waals surface area contributed by atoms with E-state index in [0.29, 0.717) is 11.4 Å². The third-order valence-corrected chi connectivity index (χ3v) is 4.75. The van der Waals surface area contributed by atoms with Crippen LogP contribution >= 0.6 is 0 Å². The number of carbonyl (C=O) groups excluding carboxylic acids is 1. The first-order valence-electron chi connectivity index (χ1n) is 9.03. The van der Waals surface area contributed by atoms with Crippen LogP contribution in [0.1, 0.15) is 34.8 Å². The van der Waals surface area contributed by atoms with E-state index in [4.69, 9.17) is 4.42 Å². The number of nitrogens with zero attached hydrogens (tertiary/aromatic N) is 3. The number of non-ortho nitro benzene ring substituents is 1. The quantitative estimate of drug-likeness (QED) is 0.404. The van der Waals surface area contributed by atoms with Gasteiger partial charge in [0, 0.05) is 29.3 Å². The summed E-state index contributed by atoms with van der Waals surface area (Å²) in [6, 6.07) is 15.0. The zero-order valence-corrected chi connectivity index (χ0v) is 15.8. The summed E-state index contributed by atoms with van der Waals surface area (Å²) in [5.74, 6) is 0.333. The van der Waals surface area contributed by atoms with Crippen LogP contribution in [-0.4, -0.2) is 20.6 Å². The standard InChI is InChI=1S/C21H18N4O4/c1-13-17-8-3-4-9-19(17)29-20(13)14(2)22-21(26)18-10-11-24(23-18)15-6-5-7-16(12-15)25(27)28/h3-12,14H,1-2H3,(H,22,26). The Labute approximate surface area is 165 Å². The average Bonchev–Trinajstić information content (AvgIpc) is 3.34. The summed E-state index contributed by atoms with van der Waals surface area (Å²) in [6.07, 6.45) is 1.59. The summed E-state index contributed by atoms with van der Waals surface area (Å²) in [5, 5.41) is 19.1. The Balaban J connectivity index is 1.54. The van der Waals surface area contributed by atoms with Crippen molar-refractivity contribution in [2.75, 3.05) is 0 Å². The first-order valence-corrected chi connectivity index (χ1v) is 9.03. The molecule has 0 saturated carbocycles. The number of nitro groups is 1. The Morgan fingerprint density at radius 3 is 2.76 bits per heavy atom. The molecule has 0 aliphatic heterocycles. The van der Waals surface area contributed by atoms with E-state index in [-0.39, 0.29) is 23.3 Å². The maximum Gasteiger partial charge on any atom is 0.272 e. The molecule has 0 bridgehead atoms. The Hall–Kier alpha value is -3.94. The molecular formula is C21H18N4O4. The highest BCUT2D eigenvalue weighted by Crippen LogP contribution is 2.29. The van der Waals surface area contributed by atoms with Gasteiger partial charge in [-0.2, -0.15) is 5.10 Å². The molecule has 2 heterocycles. The fourth-order valence-electron chi connectivity index (χ4n) is 3.28. The fourth-order valence-corrected chi connectivity index (χ4v) is 3.28. The molecular weight excluding hydrogens is 372 g/mol. The van der Waals surface area contributed by atoms with Crippen LogP contribution in [0.5, 0.6) is 0 Å². The van der Waals surface area contributed by atoms with E-state index in [1.165, 1.54) is 16.8 Å². The van der Waals surface area contributed by atoms with E-state index >= 15 is 0 Å². The second-order valence-corrected chi connectivity index (χ2v) is 6.71. The van der Waals surface area contributed by atoms with E-state index in [1.807, 2.05) is 38.1 Å². The summed E-state index contributed by atoms with van der Waals surface area (Å²) in [6.45, 7) is 3.81. The first kappa shape index (κ1) is 18.4. The van der Waals surface area contributed by atoms with Gasteiger partial charge in [-0.3, -0.25) is 14.9 Å². The molecule has 4 rings (SSSR count). The molecule has 0 saturated heterocycles. The maximum absolute atomic E-state index is 12.6. The number of nitro benzene ring substituents is 1. The monoisotopic (exact) mass is 390 g/mol. The number of hydrogen-bond acceptors (Lipinski definition) is 5. The Bertz CT molecular complexity index is 1220. The van der Waals surface area contributed by atoms with E-state index in [9.17, 15) is 14.9 Å². The molecule has 8 nitrogen and oxygen atoms in total. The van der Waals surface area contributed by atoms with Crippen molar-refractivity contribution >= 4 is 22.6 Å². The van der Waals surface area contributed by atoms with Gasteiger partial charge in [0.25, 0.3) is 11.6 Å². The lowest BCUT2D eigenvalue weighted by molar-refractivity contribution is -0.384. The molecule has 1 N–H and O–H groups in total. The lowest BCUT2D eigenvalue weighted by Gasteiger charge is -2.11. The lowest BCUT2D eigenvalue weighted by Crippen LogP contribution is -2.27. The largest absolute Gasteiger partial charge is 0.459 e. The Morgan fingerprint density at radius 1 is 1.21 bits per heavy atom. The highest BCUT2D eigenvalue weighted by Gasteiger charge is 2.20. The maximum atomic E-state index is 12.6. The minimum Gasteiger partial charge on any atom is -0.459 e. The lowest BCUT2D eigenvalue weighted by atomic mass is 10.1. The van der Waals surface area contributed by atoms with E-state index in [1.54, 1.807) is 24.4 Å². The zero-order chi connectivity index (χ0) is 20.5. The predicted octanol–water partition coefficient (Wildman–Crippen LogP) is 4.33. The molecule has 0 radical (unpaired) electrons. The summed E-state index contributed by atoms with van der Waals surface area (Å²) in [7, 11) is 0. The molecule has 1 amide bonds. The molecule has 2 aromatic heterocycles. The number of benzene rings is 2. The Morgan fingerprint density at radius 2 is 2.00 bits per heavy atom. The molecule has 0 spiro atoms. The van der Waals surface area contributed by atoms with E-state index in [0.717, 1.165) is 16.5 Å². The van der Waals surface area contributed by atoms with Gasteiger partial charge in [-0.1, -0.05) is 24.3 Å². The minimum atomic E-state index is -0.474. The highest BCUT2D eigenvalue weighted by molar-refractivity contribution is 5.92. The van der Waals surface area contributed by atoms with Gasteiger partial charge in [0.1, 0.15) is 11.3 Å². The summed E-state index contributed by atoms with van der Waals surface area (Å²) >= 11 is 0. The smallest absolute Gasteiger partial charge is 0.272 e. The number of aryl methyl sites for hydroxylation is 1. The van der Waals surface area contributed by atoms with Crippen molar-refractivity contribution in [3.63, 3.8) is 0 Å². The van der Waals surface area contributed by atoms with Gasteiger partial charge in [-0.15, -0.1) is 0 Å². The van der Waals surface area contributed by atoms with Gasteiger partial charge < -0.3 is 9.73 Å². The van der Waals surface area contributed by atoms with Crippen LogP contribution in [0.15, 0.2) is 65.2 Å². The summed E-state index contributed by atoms with van der Waals surface area (Å²) in [4.78, 5) is 23.1. The van der Waals surface area contributed by atoms with Crippen molar-refractivity contribution in [3.05, 3.63) is 87.9 Å². The van der Waals surface area contributed by atoms with Crippen molar-refractivity contribution in [3.8, 4) is 5.69 Å². The third-order valence-electron chi connectivity index (χ3n) is 4.75. The van der Waals surface area contributed by atoms with Crippen molar-refractivity contribution < 1.29 is 14.1 Å². The molecule has 1 atom stereocenters. The summed E-state index contributed by atoms with van der Waals surface area (Å²) < 4.78 is 7.33. The van der Waals surface area contributed by atoms with Crippen LogP contribution in [0.2, 0.25) is 0 Å². The van der Waals surface area contributed by atoms with Crippen molar-refractivity contribution in [1.29, 1.82) is 0 Å². The van der Waals surface area contributed by atoms with E-state index in [2.05, 4.69) is 10.4 Å². The van der Waals surface area contributed by atoms with Crippen LogP contribution in [0.3, 0.4) is 0 Å². The van der Waals surface area contributed by atoms with Gasteiger partial charge in [0.05, 0.1) is 16.7 Å². The second-order valence-electron chi connectivity index (χ2n) is 6.71. The molecule has 2 aromatic carbocycles. The van der Waals surface area contributed by atoms with E-state index < -0.39 is 4.92 Å². The van der Waals surface area contributed by atoms with Crippen LogP contribution in [0, 0.1) is 17.0 Å². The van der Waals surface area contributed by atoms with Crippen LogP contribution in [0.25, 0.3) is 16.7 Å². The average molecular weight is 390 g/mol. The molecule has 1 unspecified atom stereocenters. The molecule has 8 heteroatoms. The molecule has 4 aromatic rings. The SMILES string of the molecule is Cc1c(C(C)NC(=O)c2ccn(-c3cccc([N+](=O)[O-])c3)n2)oc2ccccc12. The van der Waals surface area contributed by atoms with Gasteiger partial charge in [0.15, 0.2) is 5.69 Å². The minimum absolute atomic E-state index is 0.0435. The van der Waals surface area contributed by atoms with Crippen LogP contribution in [0.4, 0.5) is 5.69 Å². The molecule has 146 valence electrons. The number of fused-ring (bicyclic) bond motifs is 1. The normalized spacial score (nSPS) is 12.1. The number of nitrogens with one attached hydrogen (secondary N) is 1. The number of carbonyl (C=O) groups is 1. The number of rotatable bonds is 5. The number of para-hydroxylation sites is 1. The first-order chi connectivity index (χ1) is 13.9. The molecule has 0 fully saturated rings. The van der Waals surface area contributed by atoms with Crippen molar-refractivity contribution in [2.24, 2.45) is 0 Å². The van der Waals surface area contributed by atoms with Gasteiger partial charge in [-0.25, -0.2) is 4.68 Å². The highest BCUT2D eigenvalue weighted by atomic mass is 16.6. The molecule has 0 aliphatic rings. The molecule has 29 heavy (non-hydrogen) atoms. The fraction of sp³-hybridized carbons (Fsp3) is 0.143. The number of furan rings is 1.